The van der Waals surface area contributed by atoms with Crippen molar-refractivity contribution in [3.8, 4) is 17.3 Å². The van der Waals surface area contributed by atoms with Gasteiger partial charge in [-0.3, -0.25) is 0 Å². The second kappa shape index (κ2) is 9.76. The average Bonchev–Trinajstić information content (AvgIpc) is 3.26. The topological polar surface area (TPSA) is 125 Å². The number of rotatable bonds is 9. The van der Waals surface area contributed by atoms with E-state index >= 15 is 0 Å². The van der Waals surface area contributed by atoms with E-state index in [4.69, 9.17) is 9.47 Å². The van der Waals surface area contributed by atoms with E-state index in [-0.39, 0.29) is 30.2 Å². The average molecular weight is 468 g/mol. The van der Waals surface area contributed by atoms with Crippen molar-refractivity contribution in [2.75, 3.05) is 19.8 Å². The lowest BCUT2D eigenvalue weighted by Gasteiger charge is -2.09. The standard InChI is InChI=1S/C22H21N5O5S/c1-2-31-22(28)17-8-10-18(11-9-17)33(29,30)23-14-15-32-20-13-12-19-24-25-21(27(19)26-20)16-6-4-3-5-7-16/h3-13,23H,2,14-15H2,1H3. The first-order valence-corrected chi connectivity index (χ1v) is 11.6. The number of ether oxygens (including phenoxy) is 2. The molecule has 0 radical (unpaired) electrons. The van der Waals surface area contributed by atoms with E-state index in [1.165, 1.54) is 24.3 Å². The van der Waals surface area contributed by atoms with Crippen LogP contribution in [-0.4, -0.2) is 54.0 Å². The van der Waals surface area contributed by atoms with Gasteiger partial charge in [-0.05, 0) is 37.3 Å². The summed E-state index contributed by atoms with van der Waals surface area (Å²) in [7, 11) is -3.77. The molecule has 0 aliphatic rings. The van der Waals surface area contributed by atoms with Crippen LogP contribution in [0.1, 0.15) is 17.3 Å². The van der Waals surface area contributed by atoms with Crippen LogP contribution < -0.4 is 9.46 Å². The van der Waals surface area contributed by atoms with Gasteiger partial charge in [0, 0.05) is 18.2 Å². The monoisotopic (exact) mass is 467 g/mol. The van der Waals surface area contributed by atoms with E-state index in [1.54, 1.807) is 23.6 Å². The zero-order chi connectivity index (χ0) is 23.3. The maximum atomic E-state index is 12.5. The molecular weight excluding hydrogens is 446 g/mol. The highest BCUT2D eigenvalue weighted by atomic mass is 32.2. The maximum Gasteiger partial charge on any atom is 0.338 e. The van der Waals surface area contributed by atoms with E-state index in [0.717, 1.165) is 5.56 Å². The predicted molar refractivity (Wildman–Crippen MR) is 119 cm³/mol. The Morgan fingerprint density at radius 2 is 1.76 bits per heavy atom. The third-order valence-electron chi connectivity index (χ3n) is 4.59. The minimum Gasteiger partial charge on any atom is -0.475 e. The Balaban J connectivity index is 1.37. The van der Waals surface area contributed by atoms with Crippen molar-refractivity contribution in [2.24, 2.45) is 0 Å². The molecule has 170 valence electrons. The Morgan fingerprint density at radius 1 is 1.00 bits per heavy atom. The minimum absolute atomic E-state index is 0.0232. The molecule has 0 atom stereocenters. The number of sulfonamides is 1. The van der Waals surface area contributed by atoms with E-state index in [9.17, 15) is 13.2 Å². The molecule has 2 aromatic carbocycles. The van der Waals surface area contributed by atoms with Crippen LogP contribution in [-0.2, 0) is 14.8 Å². The molecule has 0 spiro atoms. The summed E-state index contributed by atoms with van der Waals surface area (Å²) in [6, 6.07) is 18.4. The quantitative estimate of drug-likeness (QED) is 0.294. The van der Waals surface area contributed by atoms with Crippen molar-refractivity contribution < 1.29 is 22.7 Å². The van der Waals surface area contributed by atoms with Crippen molar-refractivity contribution >= 4 is 21.6 Å². The van der Waals surface area contributed by atoms with Crippen molar-refractivity contribution in [3.63, 3.8) is 0 Å². The normalized spacial score (nSPS) is 11.4. The largest absolute Gasteiger partial charge is 0.475 e. The lowest BCUT2D eigenvalue weighted by molar-refractivity contribution is 0.0526. The number of fused-ring (bicyclic) bond motifs is 1. The first-order chi connectivity index (χ1) is 16.0. The van der Waals surface area contributed by atoms with Crippen LogP contribution in [0.15, 0.2) is 71.6 Å². The predicted octanol–water partition coefficient (Wildman–Crippen LogP) is 2.33. The highest BCUT2D eigenvalue weighted by Gasteiger charge is 2.15. The summed E-state index contributed by atoms with van der Waals surface area (Å²) in [6.45, 7) is 2.02. The summed E-state index contributed by atoms with van der Waals surface area (Å²) >= 11 is 0. The van der Waals surface area contributed by atoms with Crippen LogP contribution in [0.4, 0.5) is 0 Å². The van der Waals surface area contributed by atoms with Crippen molar-refractivity contribution in [3.05, 3.63) is 72.3 Å². The number of hydrogen-bond donors (Lipinski definition) is 1. The van der Waals surface area contributed by atoms with Crippen LogP contribution >= 0.6 is 0 Å². The Kier molecular flexibility index (Phi) is 6.61. The molecule has 10 nitrogen and oxygen atoms in total. The fourth-order valence-corrected chi connectivity index (χ4v) is 4.03. The molecule has 2 heterocycles. The van der Waals surface area contributed by atoms with Gasteiger partial charge in [0.15, 0.2) is 11.5 Å². The Morgan fingerprint density at radius 3 is 2.48 bits per heavy atom. The first-order valence-electron chi connectivity index (χ1n) is 10.2. The third-order valence-corrected chi connectivity index (χ3v) is 6.07. The van der Waals surface area contributed by atoms with Crippen LogP contribution in [0.5, 0.6) is 5.88 Å². The number of nitrogens with zero attached hydrogens (tertiary/aromatic N) is 4. The van der Waals surface area contributed by atoms with Crippen LogP contribution in [0.3, 0.4) is 0 Å². The molecule has 11 heteroatoms. The van der Waals surface area contributed by atoms with E-state index in [2.05, 4.69) is 20.0 Å². The maximum absolute atomic E-state index is 12.5. The minimum atomic E-state index is -3.77. The summed E-state index contributed by atoms with van der Waals surface area (Å²) in [6.07, 6.45) is 0. The Hall–Kier alpha value is -3.83. The third kappa shape index (κ3) is 5.16. The van der Waals surface area contributed by atoms with Gasteiger partial charge in [-0.25, -0.2) is 17.9 Å². The van der Waals surface area contributed by atoms with Gasteiger partial charge in [-0.1, -0.05) is 30.3 Å². The summed E-state index contributed by atoms with van der Waals surface area (Å²) in [5.41, 5.74) is 1.70. The summed E-state index contributed by atoms with van der Waals surface area (Å²) in [5.74, 6) is 0.372. The molecule has 4 rings (SSSR count). The number of benzene rings is 2. The number of esters is 1. The summed E-state index contributed by atoms with van der Waals surface area (Å²) in [5, 5.41) is 12.7. The molecule has 0 bridgehead atoms. The Bertz CT molecular complexity index is 1360. The van der Waals surface area contributed by atoms with Crippen molar-refractivity contribution in [1.82, 2.24) is 24.5 Å². The van der Waals surface area contributed by atoms with Crippen molar-refractivity contribution in [1.29, 1.82) is 0 Å². The van der Waals surface area contributed by atoms with Gasteiger partial charge >= 0.3 is 5.97 Å². The molecule has 1 N–H and O–H groups in total. The van der Waals surface area contributed by atoms with Crippen molar-refractivity contribution in [2.45, 2.75) is 11.8 Å². The van der Waals surface area contributed by atoms with Gasteiger partial charge in [0.1, 0.15) is 6.61 Å². The second-order valence-corrected chi connectivity index (χ2v) is 8.59. The molecule has 2 aromatic heterocycles. The summed E-state index contributed by atoms with van der Waals surface area (Å²) < 4.78 is 39.5. The fraction of sp³-hybridized carbons (Fsp3) is 0.182. The lowest BCUT2D eigenvalue weighted by Crippen LogP contribution is -2.28. The smallest absolute Gasteiger partial charge is 0.338 e. The molecule has 0 aliphatic heterocycles. The fourth-order valence-electron chi connectivity index (χ4n) is 3.02. The highest BCUT2D eigenvalue weighted by molar-refractivity contribution is 7.89. The summed E-state index contributed by atoms with van der Waals surface area (Å²) in [4.78, 5) is 11.7. The van der Waals surface area contributed by atoms with E-state index in [0.29, 0.717) is 17.4 Å². The lowest BCUT2D eigenvalue weighted by atomic mass is 10.2. The van der Waals surface area contributed by atoms with Gasteiger partial charge in [-0.15, -0.1) is 15.3 Å². The molecule has 0 saturated carbocycles. The van der Waals surface area contributed by atoms with E-state index < -0.39 is 16.0 Å². The molecule has 0 saturated heterocycles. The zero-order valence-corrected chi connectivity index (χ0v) is 18.5. The number of carbonyl (C=O) groups excluding carboxylic acids is 1. The molecule has 0 aliphatic carbocycles. The molecule has 0 fully saturated rings. The molecule has 4 aromatic rings. The van der Waals surface area contributed by atoms with Gasteiger partial charge in [0.25, 0.3) is 0 Å². The molecule has 0 unspecified atom stereocenters. The van der Waals surface area contributed by atoms with Crippen LogP contribution in [0.2, 0.25) is 0 Å². The number of nitrogens with one attached hydrogen (secondary N) is 1. The van der Waals surface area contributed by atoms with Gasteiger partial charge in [0.2, 0.25) is 15.9 Å². The zero-order valence-electron chi connectivity index (χ0n) is 17.7. The highest BCUT2D eigenvalue weighted by Crippen LogP contribution is 2.18. The number of aromatic nitrogens is 4. The molecule has 0 amide bonds. The van der Waals surface area contributed by atoms with Gasteiger partial charge in [-0.2, -0.15) is 4.52 Å². The second-order valence-electron chi connectivity index (χ2n) is 6.82. The van der Waals surface area contributed by atoms with E-state index in [1.807, 2.05) is 30.3 Å². The van der Waals surface area contributed by atoms with Gasteiger partial charge < -0.3 is 9.47 Å². The molecule has 33 heavy (non-hydrogen) atoms. The SMILES string of the molecule is CCOC(=O)c1ccc(S(=O)(=O)NCCOc2ccc3nnc(-c4ccccc4)n3n2)cc1. The number of hydrogen-bond acceptors (Lipinski definition) is 8. The van der Waals surface area contributed by atoms with Crippen LogP contribution in [0.25, 0.3) is 17.0 Å². The van der Waals surface area contributed by atoms with Gasteiger partial charge in [0.05, 0.1) is 17.1 Å². The number of carbonyl (C=O) groups is 1. The molecular formula is C22H21N5O5S. The van der Waals surface area contributed by atoms with Crippen LogP contribution in [0, 0.1) is 0 Å². The first kappa shape index (κ1) is 22.4. The Labute approximate surface area is 190 Å².